The zero-order valence-electron chi connectivity index (χ0n) is 15.0. The molecule has 0 unspecified atom stereocenters. The molecule has 0 N–H and O–H groups in total. The second-order valence-electron chi connectivity index (χ2n) is 6.30. The van der Waals surface area contributed by atoms with Gasteiger partial charge in [0, 0.05) is 38.1 Å². The Labute approximate surface area is 159 Å². The fourth-order valence-electron chi connectivity index (χ4n) is 2.85. The summed E-state index contributed by atoms with van der Waals surface area (Å²) in [6.45, 7) is 3.41. The van der Waals surface area contributed by atoms with E-state index in [4.69, 9.17) is 4.74 Å². The highest BCUT2D eigenvalue weighted by atomic mass is 32.2. The maximum Gasteiger partial charge on any atom is 0.236 e. The number of benzene rings is 2. The number of rotatable bonds is 7. The van der Waals surface area contributed by atoms with Gasteiger partial charge in [-0.05, 0) is 35.9 Å². The quantitative estimate of drug-likeness (QED) is 0.730. The van der Waals surface area contributed by atoms with Crippen molar-refractivity contribution in [3.63, 3.8) is 0 Å². The molecule has 0 bridgehead atoms. The van der Waals surface area contributed by atoms with Gasteiger partial charge in [-0.3, -0.25) is 4.90 Å². The lowest BCUT2D eigenvalue weighted by atomic mass is 10.2. The second-order valence-corrected chi connectivity index (χ2v) is 8.12. The molecule has 1 saturated heterocycles. The lowest BCUT2D eigenvalue weighted by Crippen LogP contribution is -2.48. The fraction of sp³-hybridized carbons (Fsp3) is 0.300. The molecule has 0 saturated carbocycles. The van der Waals surface area contributed by atoms with Crippen molar-refractivity contribution < 1.29 is 17.5 Å². The molecule has 144 valence electrons. The lowest BCUT2D eigenvalue weighted by Gasteiger charge is -2.33. The average molecular weight is 390 g/mol. The number of nitrogens with zero attached hydrogens (tertiary/aromatic N) is 2. The highest BCUT2D eigenvalue weighted by molar-refractivity contribution is 7.92. The van der Waals surface area contributed by atoms with Gasteiger partial charge < -0.3 is 4.74 Å². The summed E-state index contributed by atoms with van der Waals surface area (Å²) >= 11 is 0. The topological polar surface area (TPSA) is 49.9 Å². The Morgan fingerprint density at radius 1 is 0.963 bits per heavy atom. The van der Waals surface area contributed by atoms with Crippen LogP contribution in [0.5, 0.6) is 5.75 Å². The first-order valence-electron chi connectivity index (χ1n) is 8.87. The van der Waals surface area contributed by atoms with E-state index in [2.05, 4.69) is 4.90 Å². The summed E-state index contributed by atoms with van der Waals surface area (Å²) in [5.74, 6) is 0.338. The summed E-state index contributed by atoms with van der Waals surface area (Å²) < 4.78 is 44.9. The van der Waals surface area contributed by atoms with Gasteiger partial charge in [-0.15, -0.1) is 0 Å². The zero-order valence-corrected chi connectivity index (χ0v) is 15.8. The predicted molar refractivity (Wildman–Crippen MR) is 104 cm³/mol. The minimum atomic E-state index is -3.41. The number of piperazine rings is 1. The predicted octanol–water partition coefficient (Wildman–Crippen LogP) is 2.82. The Balaban J connectivity index is 1.44. The van der Waals surface area contributed by atoms with Crippen molar-refractivity contribution in [2.45, 2.75) is 0 Å². The fourth-order valence-corrected chi connectivity index (χ4v) is 4.02. The van der Waals surface area contributed by atoms with E-state index in [1.54, 1.807) is 18.2 Å². The second kappa shape index (κ2) is 9.12. The highest BCUT2D eigenvalue weighted by Crippen LogP contribution is 2.13. The van der Waals surface area contributed by atoms with Crippen LogP contribution in [0.4, 0.5) is 4.39 Å². The number of ether oxygens (including phenoxy) is 1. The first-order valence-corrected chi connectivity index (χ1v) is 10.4. The molecule has 2 aromatic carbocycles. The molecule has 1 aliphatic heterocycles. The van der Waals surface area contributed by atoms with Gasteiger partial charge in [0.15, 0.2) is 0 Å². The molecule has 0 atom stereocenters. The Bertz CT molecular complexity index is 847. The molecule has 5 nitrogen and oxygen atoms in total. The van der Waals surface area contributed by atoms with Crippen molar-refractivity contribution >= 4 is 16.1 Å². The molecule has 0 aliphatic carbocycles. The highest BCUT2D eigenvalue weighted by Gasteiger charge is 2.24. The number of sulfonamides is 1. The Morgan fingerprint density at radius 2 is 1.63 bits per heavy atom. The minimum Gasteiger partial charge on any atom is -0.492 e. The third kappa shape index (κ3) is 5.89. The van der Waals surface area contributed by atoms with Gasteiger partial charge in [-0.1, -0.05) is 30.3 Å². The van der Waals surface area contributed by atoms with Crippen LogP contribution >= 0.6 is 0 Å². The maximum absolute atomic E-state index is 12.9. The molecule has 1 heterocycles. The monoisotopic (exact) mass is 390 g/mol. The van der Waals surface area contributed by atoms with E-state index in [-0.39, 0.29) is 5.82 Å². The molecule has 27 heavy (non-hydrogen) atoms. The van der Waals surface area contributed by atoms with Crippen LogP contribution in [0.15, 0.2) is 60.0 Å². The SMILES string of the molecule is O=S(=O)(/C=C/c1ccccc1)N1CCN(CCOc2ccc(F)cc2)CC1. The van der Waals surface area contributed by atoms with Gasteiger partial charge in [-0.25, -0.2) is 12.8 Å². The smallest absolute Gasteiger partial charge is 0.236 e. The van der Waals surface area contributed by atoms with Gasteiger partial charge in [0.05, 0.1) is 0 Å². The summed E-state index contributed by atoms with van der Waals surface area (Å²) in [4.78, 5) is 2.16. The Morgan fingerprint density at radius 3 is 2.30 bits per heavy atom. The summed E-state index contributed by atoms with van der Waals surface area (Å²) in [5.41, 5.74) is 0.859. The maximum atomic E-state index is 12.9. The van der Waals surface area contributed by atoms with Gasteiger partial charge in [0.25, 0.3) is 0 Å². The van der Waals surface area contributed by atoms with Crippen LogP contribution in [0, 0.1) is 5.82 Å². The molecular weight excluding hydrogens is 367 g/mol. The van der Waals surface area contributed by atoms with Crippen LogP contribution in [-0.4, -0.2) is 57.0 Å². The Hall–Kier alpha value is -2.22. The van der Waals surface area contributed by atoms with Crippen LogP contribution in [0.3, 0.4) is 0 Å². The van der Waals surface area contributed by atoms with Gasteiger partial charge in [0.2, 0.25) is 10.0 Å². The third-order valence-electron chi connectivity index (χ3n) is 4.41. The summed E-state index contributed by atoms with van der Waals surface area (Å²) in [5, 5.41) is 1.27. The van der Waals surface area contributed by atoms with Crippen LogP contribution in [0.2, 0.25) is 0 Å². The van der Waals surface area contributed by atoms with Crippen LogP contribution in [-0.2, 0) is 10.0 Å². The van der Waals surface area contributed by atoms with E-state index in [1.165, 1.54) is 21.8 Å². The van der Waals surface area contributed by atoms with Gasteiger partial charge >= 0.3 is 0 Å². The first kappa shape index (κ1) is 19.5. The Kier molecular flexibility index (Phi) is 6.60. The largest absolute Gasteiger partial charge is 0.492 e. The van der Waals surface area contributed by atoms with Crippen LogP contribution < -0.4 is 4.74 Å². The van der Waals surface area contributed by atoms with Gasteiger partial charge in [-0.2, -0.15) is 4.31 Å². The summed E-state index contributed by atoms with van der Waals surface area (Å²) in [7, 11) is -3.41. The van der Waals surface area contributed by atoms with Crippen molar-refractivity contribution in [1.29, 1.82) is 0 Å². The van der Waals surface area contributed by atoms with Crippen LogP contribution in [0.1, 0.15) is 5.56 Å². The molecule has 0 amide bonds. The minimum absolute atomic E-state index is 0.291. The number of hydrogen-bond donors (Lipinski definition) is 0. The molecule has 0 aromatic heterocycles. The molecule has 7 heteroatoms. The van der Waals surface area contributed by atoms with E-state index < -0.39 is 10.0 Å². The first-order chi connectivity index (χ1) is 13.0. The molecule has 0 radical (unpaired) electrons. The molecule has 3 rings (SSSR count). The average Bonchev–Trinajstić information content (AvgIpc) is 2.69. The van der Waals surface area contributed by atoms with E-state index in [0.29, 0.717) is 45.1 Å². The normalized spacial score (nSPS) is 16.6. The van der Waals surface area contributed by atoms with Crippen LogP contribution in [0.25, 0.3) is 6.08 Å². The molecule has 2 aromatic rings. The van der Waals surface area contributed by atoms with Crippen molar-refractivity contribution in [2.75, 3.05) is 39.3 Å². The van der Waals surface area contributed by atoms with Crippen molar-refractivity contribution in [3.8, 4) is 5.75 Å². The van der Waals surface area contributed by atoms with E-state index >= 15 is 0 Å². The number of hydrogen-bond acceptors (Lipinski definition) is 4. The molecular formula is C20H23FN2O3S. The van der Waals surface area contributed by atoms with E-state index in [1.807, 2.05) is 30.3 Å². The van der Waals surface area contributed by atoms with E-state index in [0.717, 1.165) is 5.56 Å². The third-order valence-corrected chi connectivity index (χ3v) is 5.98. The van der Waals surface area contributed by atoms with Crippen molar-refractivity contribution in [1.82, 2.24) is 9.21 Å². The zero-order chi connectivity index (χ0) is 19.1. The number of halogens is 1. The standard InChI is InChI=1S/C20H23FN2O3S/c21-19-6-8-20(9-7-19)26-16-15-22-11-13-23(14-12-22)27(24,25)17-10-18-4-2-1-3-5-18/h1-10,17H,11-16H2/b17-10+. The molecule has 1 aliphatic rings. The van der Waals surface area contributed by atoms with Gasteiger partial charge in [0.1, 0.15) is 18.2 Å². The van der Waals surface area contributed by atoms with E-state index in [9.17, 15) is 12.8 Å². The summed E-state index contributed by atoms with van der Waals surface area (Å²) in [6, 6.07) is 15.3. The van der Waals surface area contributed by atoms with Crippen molar-refractivity contribution in [3.05, 3.63) is 71.4 Å². The molecule has 0 spiro atoms. The van der Waals surface area contributed by atoms with Crippen molar-refractivity contribution in [2.24, 2.45) is 0 Å². The lowest BCUT2D eigenvalue weighted by molar-refractivity contribution is 0.159. The summed E-state index contributed by atoms with van der Waals surface area (Å²) in [6.07, 6.45) is 1.62. The molecule has 1 fully saturated rings.